The Balaban J connectivity index is 1.50. The second-order valence-corrected chi connectivity index (χ2v) is 10.0. The molecule has 1 N–H and O–H groups in total. The van der Waals surface area contributed by atoms with Crippen LogP contribution in [0.3, 0.4) is 0 Å². The van der Waals surface area contributed by atoms with Gasteiger partial charge in [-0.1, -0.05) is 29.8 Å². The summed E-state index contributed by atoms with van der Waals surface area (Å²) in [4.78, 5) is 12.9. The summed E-state index contributed by atoms with van der Waals surface area (Å²) >= 11 is 0. The number of nitrogens with zero attached hydrogens (tertiary/aromatic N) is 1. The molecule has 0 saturated heterocycles. The second kappa shape index (κ2) is 10.3. The van der Waals surface area contributed by atoms with Gasteiger partial charge in [-0.25, -0.2) is 8.42 Å². The molecule has 0 unspecified atom stereocenters. The van der Waals surface area contributed by atoms with Gasteiger partial charge >= 0.3 is 0 Å². The van der Waals surface area contributed by atoms with Gasteiger partial charge in [0.2, 0.25) is 10.0 Å². The standard InChI is InChI=1S/C26H28N2O5S/c1-3-32-23-9-11-24(12-10-23)34(30,31)28-14-15-33-25-13-8-21(16-22(25)18-28)26(29)27-17-20-6-4-19(2)5-7-20/h4-13,16H,3,14-15,17-18H2,1-2H3,(H,27,29). The van der Waals surface area contributed by atoms with Crippen LogP contribution >= 0.6 is 0 Å². The van der Waals surface area contributed by atoms with Gasteiger partial charge in [-0.2, -0.15) is 4.31 Å². The van der Waals surface area contributed by atoms with E-state index in [0.29, 0.717) is 35.8 Å². The topological polar surface area (TPSA) is 84.9 Å². The SMILES string of the molecule is CCOc1ccc(S(=O)(=O)N2CCOc3ccc(C(=O)NCc4ccc(C)cc4)cc3C2)cc1. The molecule has 8 heteroatoms. The smallest absolute Gasteiger partial charge is 0.251 e. The van der Waals surface area contributed by atoms with Crippen LogP contribution in [0.5, 0.6) is 11.5 Å². The maximum atomic E-state index is 13.3. The number of hydrogen-bond donors (Lipinski definition) is 1. The largest absolute Gasteiger partial charge is 0.494 e. The molecule has 0 saturated carbocycles. The zero-order valence-corrected chi connectivity index (χ0v) is 20.1. The number of nitrogens with one attached hydrogen (secondary N) is 1. The predicted octanol–water partition coefficient (Wildman–Crippen LogP) is 3.91. The molecule has 0 atom stereocenters. The molecule has 0 fully saturated rings. The summed E-state index contributed by atoms with van der Waals surface area (Å²) in [6.07, 6.45) is 0. The summed E-state index contributed by atoms with van der Waals surface area (Å²) in [6, 6.07) is 19.5. The number of benzene rings is 3. The lowest BCUT2D eigenvalue weighted by Crippen LogP contribution is -2.32. The Morgan fingerprint density at radius 1 is 1.06 bits per heavy atom. The van der Waals surface area contributed by atoms with Crippen LogP contribution in [0.2, 0.25) is 0 Å². The first-order valence-corrected chi connectivity index (χ1v) is 12.6. The van der Waals surface area contributed by atoms with Crippen LogP contribution in [-0.4, -0.2) is 38.4 Å². The van der Waals surface area contributed by atoms with E-state index in [1.807, 2.05) is 38.1 Å². The lowest BCUT2D eigenvalue weighted by Gasteiger charge is -2.20. The summed E-state index contributed by atoms with van der Waals surface area (Å²) in [6.45, 7) is 5.35. The van der Waals surface area contributed by atoms with Crippen LogP contribution in [-0.2, 0) is 23.1 Å². The molecule has 1 aliphatic heterocycles. The lowest BCUT2D eigenvalue weighted by molar-refractivity contribution is 0.0950. The van der Waals surface area contributed by atoms with Crippen LogP contribution in [0.1, 0.15) is 34.0 Å². The Morgan fingerprint density at radius 2 is 1.79 bits per heavy atom. The molecule has 3 aromatic carbocycles. The molecule has 178 valence electrons. The Bertz CT molecular complexity index is 1260. The molecule has 0 radical (unpaired) electrons. The van der Waals surface area contributed by atoms with Crippen molar-refractivity contribution in [3.8, 4) is 11.5 Å². The van der Waals surface area contributed by atoms with Crippen LogP contribution in [0.15, 0.2) is 71.6 Å². The minimum Gasteiger partial charge on any atom is -0.494 e. The van der Waals surface area contributed by atoms with Crippen molar-refractivity contribution in [2.24, 2.45) is 0 Å². The molecule has 7 nitrogen and oxygen atoms in total. The van der Waals surface area contributed by atoms with Crippen molar-refractivity contribution in [1.82, 2.24) is 9.62 Å². The van der Waals surface area contributed by atoms with Gasteiger partial charge in [0.15, 0.2) is 0 Å². The molecule has 3 aromatic rings. The maximum absolute atomic E-state index is 13.3. The van der Waals surface area contributed by atoms with Crippen molar-refractivity contribution in [1.29, 1.82) is 0 Å². The first kappa shape index (κ1) is 23.8. The van der Waals surface area contributed by atoms with Gasteiger partial charge in [0.1, 0.15) is 18.1 Å². The van der Waals surface area contributed by atoms with E-state index in [0.717, 1.165) is 11.1 Å². The van der Waals surface area contributed by atoms with Gasteiger partial charge in [-0.15, -0.1) is 0 Å². The first-order chi connectivity index (χ1) is 16.4. The van der Waals surface area contributed by atoms with E-state index in [2.05, 4.69) is 5.32 Å². The highest BCUT2D eigenvalue weighted by molar-refractivity contribution is 7.89. The highest BCUT2D eigenvalue weighted by atomic mass is 32.2. The number of amides is 1. The monoisotopic (exact) mass is 480 g/mol. The highest BCUT2D eigenvalue weighted by Gasteiger charge is 2.28. The molecule has 4 rings (SSSR count). The maximum Gasteiger partial charge on any atom is 0.251 e. The molecular weight excluding hydrogens is 452 g/mol. The number of hydrogen-bond acceptors (Lipinski definition) is 5. The summed E-state index contributed by atoms with van der Waals surface area (Å²) in [7, 11) is -3.75. The van der Waals surface area contributed by atoms with E-state index in [1.54, 1.807) is 42.5 Å². The average molecular weight is 481 g/mol. The molecule has 0 spiro atoms. The first-order valence-electron chi connectivity index (χ1n) is 11.2. The van der Waals surface area contributed by atoms with Gasteiger partial charge in [-0.05, 0) is 61.9 Å². The zero-order valence-electron chi connectivity index (χ0n) is 19.3. The van der Waals surface area contributed by atoms with E-state index in [9.17, 15) is 13.2 Å². The molecule has 1 aliphatic rings. The number of carbonyl (C=O) groups is 1. The lowest BCUT2D eigenvalue weighted by atomic mass is 10.1. The quantitative estimate of drug-likeness (QED) is 0.554. The van der Waals surface area contributed by atoms with E-state index in [-0.39, 0.29) is 30.5 Å². The van der Waals surface area contributed by atoms with Crippen LogP contribution in [0.4, 0.5) is 0 Å². The minimum absolute atomic E-state index is 0.115. The van der Waals surface area contributed by atoms with Gasteiger partial charge < -0.3 is 14.8 Å². The van der Waals surface area contributed by atoms with Crippen molar-refractivity contribution < 1.29 is 22.7 Å². The second-order valence-electron chi connectivity index (χ2n) is 8.08. The van der Waals surface area contributed by atoms with Crippen molar-refractivity contribution in [3.05, 3.63) is 89.0 Å². The van der Waals surface area contributed by atoms with Crippen molar-refractivity contribution in [2.45, 2.75) is 31.8 Å². The van der Waals surface area contributed by atoms with E-state index in [1.165, 1.54) is 4.31 Å². The summed E-state index contributed by atoms with van der Waals surface area (Å²) < 4.78 is 39.1. The van der Waals surface area contributed by atoms with Crippen molar-refractivity contribution >= 4 is 15.9 Å². The number of sulfonamides is 1. The zero-order chi connectivity index (χ0) is 24.1. The fourth-order valence-electron chi connectivity index (χ4n) is 3.73. The number of ether oxygens (including phenoxy) is 2. The van der Waals surface area contributed by atoms with Gasteiger partial charge in [0.25, 0.3) is 5.91 Å². The summed E-state index contributed by atoms with van der Waals surface area (Å²) in [5.74, 6) is 0.973. The predicted molar refractivity (Wildman–Crippen MR) is 129 cm³/mol. The van der Waals surface area contributed by atoms with Gasteiger partial charge in [0.05, 0.1) is 11.5 Å². The third-order valence-corrected chi connectivity index (χ3v) is 7.47. The fraction of sp³-hybridized carbons (Fsp3) is 0.269. The normalized spacial score (nSPS) is 13.9. The number of aryl methyl sites for hydroxylation is 1. The molecule has 1 heterocycles. The van der Waals surface area contributed by atoms with Crippen molar-refractivity contribution in [2.75, 3.05) is 19.8 Å². The van der Waals surface area contributed by atoms with Gasteiger partial charge in [0, 0.05) is 30.8 Å². The van der Waals surface area contributed by atoms with E-state index >= 15 is 0 Å². The van der Waals surface area contributed by atoms with Crippen LogP contribution in [0.25, 0.3) is 0 Å². The Morgan fingerprint density at radius 3 is 2.50 bits per heavy atom. The van der Waals surface area contributed by atoms with Crippen molar-refractivity contribution in [3.63, 3.8) is 0 Å². The Kier molecular flexibility index (Phi) is 7.19. The van der Waals surface area contributed by atoms with Gasteiger partial charge in [-0.3, -0.25) is 4.79 Å². The summed E-state index contributed by atoms with van der Waals surface area (Å²) in [5.41, 5.74) is 3.26. The third kappa shape index (κ3) is 5.40. The molecule has 0 aliphatic carbocycles. The molecule has 0 bridgehead atoms. The highest BCUT2D eigenvalue weighted by Crippen LogP contribution is 2.28. The fourth-order valence-corrected chi connectivity index (χ4v) is 5.13. The molecule has 1 amide bonds. The number of rotatable bonds is 7. The Labute approximate surface area is 200 Å². The number of carbonyl (C=O) groups excluding carboxylic acids is 1. The number of fused-ring (bicyclic) bond motifs is 1. The van der Waals surface area contributed by atoms with Crippen LogP contribution in [0, 0.1) is 6.92 Å². The summed E-state index contributed by atoms with van der Waals surface area (Å²) in [5, 5.41) is 2.92. The molecule has 0 aromatic heterocycles. The van der Waals surface area contributed by atoms with Crippen LogP contribution < -0.4 is 14.8 Å². The Hall–Kier alpha value is -3.36. The minimum atomic E-state index is -3.75. The molecule has 34 heavy (non-hydrogen) atoms. The molecular formula is C26H28N2O5S. The average Bonchev–Trinajstić information content (AvgIpc) is 3.06. The van der Waals surface area contributed by atoms with E-state index in [4.69, 9.17) is 9.47 Å². The third-order valence-electron chi connectivity index (χ3n) is 5.61. The van der Waals surface area contributed by atoms with E-state index < -0.39 is 10.0 Å².